The molecule has 3 aromatic rings. The fraction of sp³-hybridized carbons (Fsp3) is 0.0833. The predicted octanol–water partition coefficient (Wildman–Crippen LogP) is 5.18. The molecule has 0 atom stereocenters. The number of carbonyl (C=O) groups excluding carboxylic acids is 2. The van der Waals surface area contributed by atoms with Gasteiger partial charge in [-0.3, -0.25) is 9.59 Å². The first-order chi connectivity index (χ1) is 14.4. The largest absolute Gasteiger partial charge is 0.497 e. The van der Waals surface area contributed by atoms with Gasteiger partial charge in [0.2, 0.25) is 0 Å². The monoisotopic (exact) mass is 464 g/mol. The van der Waals surface area contributed by atoms with E-state index in [1.165, 1.54) is 0 Å². The smallest absolute Gasteiger partial charge is 0.272 e. The number of amides is 2. The molecule has 2 N–H and O–H groups in total. The van der Waals surface area contributed by atoms with Gasteiger partial charge in [0.15, 0.2) is 0 Å². The predicted molar refractivity (Wildman–Crippen MR) is 122 cm³/mol. The van der Waals surface area contributed by atoms with Gasteiger partial charge >= 0.3 is 0 Å². The normalized spacial score (nSPS) is 11.0. The highest BCUT2D eigenvalue weighted by Gasteiger charge is 2.15. The summed E-state index contributed by atoms with van der Waals surface area (Å²) in [6, 6.07) is 21.6. The van der Waals surface area contributed by atoms with Crippen LogP contribution in [0, 0.1) is 6.92 Å². The maximum Gasteiger partial charge on any atom is 0.272 e. The molecule has 0 saturated carbocycles. The van der Waals surface area contributed by atoms with E-state index in [0.29, 0.717) is 17.0 Å². The van der Waals surface area contributed by atoms with Crippen molar-refractivity contribution in [2.45, 2.75) is 6.92 Å². The lowest BCUT2D eigenvalue weighted by Gasteiger charge is -2.12. The highest BCUT2D eigenvalue weighted by Crippen LogP contribution is 2.17. The Kier molecular flexibility index (Phi) is 7.03. The molecule has 0 aliphatic rings. The molecule has 0 spiro atoms. The molecule has 0 aliphatic carbocycles. The maximum atomic E-state index is 12.9. The Labute approximate surface area is 183 Å². The SMILES string of the molecule is COc1ccc(NC(=O)/C(=C/c2ccc(Br)cc2)NC(=O)c2cccc(C)c2)cc1. The number of hydrogen-bond donors (Lipinski definition) is 2. The lowest BCUT2D eigenvalue weighted by Crippen LogP contribution is -2.30. The summed E-state index contributed by atoms with van der Waals surface area (Å²) in [5, 5.41) is 5.55. The van der Waals surface area contributed by atoms with Crippen LogP contribution in [0.25, 0.3) is 6.08 Å². The molecular weight excluding hydrogens is 444 g/mol. The zero-order chi connectivity index (χ0) is 21.5. The molecule has 0 heterocycles. The van der Waals surface area contributed by atoms with Crippen molar-refractivity contribution in [1.82, 2.24) is 5.32 Å². The summed E-state index contributed by atoms with van der Waals surface area (Å²) in [4.78, 5) is 25.7. The van der Waals surface area contributed by atoms with E-state index in [9.17, 15) is 9.59 Å². The summed E-state index contributed by atoms with van der Waals surface area (Å²) < 4.78 is 6.06. The number of ether oxygens (including phenoxy) is 1. The molecular formula is C24H21BrN2O3. The molecule has 6 heteroatoms. The maximum absolute atomic E-state index is 12.9. The van der Waals surface area contributed by atoms with E-state index < -0.39 is 5.91 Å². The van der Waals surface area contributed by atoms with Crippen LogP contribution >= 0.6 is 15.9 Å². The van der Waals surface area contributed by atoms with Crippen LogP contribution in [0.2, 0.25) is 0 Å². The van der Waals surface area contributed by atoms with E-state index in [0.717, 1.165) is 15.6 Å². The van der Waals surface area contributed by atoms with Crippen molar-refractivity contribution in [3.05, 3.63) is 99.7 Å². The molecule has 0 unspecified atom stereocenters. The van der Waals surface area contributed by atoms with Gasteiger partial charge in [0.25, 0.3) is 11.8 Å². The zero-order valence-corrected chi connectivity index (χ0v) is 18.2. The third-order valence-corrected chi connectivity index (χ3v) is 4.83. The molecule has 5 nitrogen and oxygen atoms in total. The second kappa shape index (κ2) is 9.89. The number of aryl methyl sites for hydroxylation is 1. The van der Waals surface area contributed by atoms with Gasteiger partial charge in [-0.05, 0) is 67.1 Å². The van der Waals surface area contributed by atoms with Crippen LogP contribution < -0.4 is 15.4 Å². The summed E-state index contributed by atoms with van der Waals surface area (Å²) in [5.41, 5.74) is 2.95. The Morgan fingerprint density at radius 1 is 0.967 bits per heavy atom. The van der Waals surface area contributed by atoms with Crippen LogP contribution in [0.1, 0.15) is 21.5 Å². The van der Waals surface area contributed by atoms with Crippen LogP contribution in [0.5, 0.6) is 5.75 Å². The van der Waals surface area contributed by atoms with Crippen molar-refractivity contribution in [2.75, 3.05) is 12.4 Å². The van der Waals surface area contributed by atoms with Gasteiger partial charge in [0.05, 0.1) is 7.11 Å². The zero-order valence-electron chi connectivity index (χ0n) is 16.6. The lowest BCUT2D eigenvalue weighted by atomic mass is 10.1. The van der Waals surface area contributed by atoms with Gasteiger partial charge in [-0.25, -0.2) is 0 Å². The number of halogens is 1. The second-order valence-corrected chi connectivity index (χ2v) is 7.53. The molecule has 0 aliphatic heterocycles. The van der Waals surface area contributed by atoms with Crippen LogP contribution in [0.15, 0.2) is 83.0 Å². The molecule has 2 amide bonds. The molecule has 0 saturated heterocycles. The number of hydrogen-bond acceptors (Lipinski definition) is 3. The van der Waals surface area contributed by atoms with Gasteiger partial charge in [-0.1, -0.05) is 45.8 Å². The van der Waals surface area contributed by atoms with Crippen molar-refractivity contribution in [3.8, 4) is 5.75 Å². The Hall–Kier alpha value is -3.38. The fourth-order valence-corrected chi connectivity index (χ4v) is 3.00. The van der Waals surface area contributed by atoms with Crippen molar-refractivity contribution >= 4 is 39.5 Å². The van der Waals surface area contributed by atoms with E-state index in [4.69, 9.17) is 4.74 Å². The van der Waals surface area contributed by atoms with Gasteiger partial charge in [-0.15, -0.1) is 0 Å². The number of carbonyl (C=O) groups is 2. The molecule has 0 radical (unpaired) electrons. The van der Waals surface area contributed by atoms with Gasteiger partial charge in [0.1, 0.15) is 11.4 Å². The Bertz CT molecular complexity index is 1070. The van der Waals surface area contributed by atoms with Gasteiger partial charge < -0.3 is 15.4 Å². The summed E-state index contributed by atoms with van der Waals surface area (Å²) >= 11 is 3.39. The summed E-state index contributed by atoms with van der Waals surface area (Å²) in [6.45, 7) is 1.91. The van der Waals surface area contributed by atoms with Crippen LogP contribution in [-0.2, 0) is 4.79 Å². The van der Waals surface area contributed by atoms with Gasteiger partial charge in [0, 0.05) is 15.7 Å². The number of rotatable bonds is 6. The first-order valence-electron chi connectivity index (χ1n) is 9.25. The minimum atomic E-state index is -0.427. The molecule has 152 valence electrons. The molecule has 3 rings (SSSR count). The van der Waals surface area contributed by atoms with Crippen LogP contribution in [0.4, 0.5) is 5.69 Å². The lowest BCUT2D eigenvalue weighted by molar-refractivity contribution is -0.113. The molecule has 0 aromatic heterocycles. The van der Waals surface area contributed by atoms with Crippen molar-refractivity contribution < 1.29 is 14.3 Å². The van der Waals surface area contributed by atoms with Crippen molar-refractivity contribution in [1.29, 1.82) is 0 Å². The molecule has 0 bridgehead atoms. The first kappa shape index (κ1) is 21.3. The number of anilines is 1. The summed E-state index contributed by atoms with van der Waals surface area (Å²) in [5.74, 6) is -0.0950. The van der Waals surface area contributed by atoms with E-state index in [-0.39, 0.29) is 11.6 Å². The average Bonchev–Trinajstić information content (AvgIpc) is 2.75. The van der Waals surface area contributed by atoms with Crippen LogP contribution in [0.3, 0.4) is 0 Å². The number of nitrogens with one attached hydrogen (secondary N) is 2. The first-order valence-corrected chi connectivity index (χ1v) is 10.0. The Morgan fingerprint density at radius 3 is 2.30 bits per heavy atom. The Balaban J connectivity index is 1.86. The summed E-state index contributed by atoms with van der Waals surface area (Å²) in [7, 11) is 1.58. The second-order valence-electron chi connectivity index (χ2n) is 6.62. The van der Waals surface area contributed by atoms with Gasteiger partial charge in [-0.2, -0.15) is 0 Å². The average molecular weight is 465 g/mol. The fourth-order valence-electron chi connectivity index (χ4n) is 2.74. The van der Waals surface area contributed by atoms with E-state index in [2.05, 4.69) is 26.6 Å². The molecule has 3 aromatic carbocycles. The minimum absolute atomic E-state index is 0.139. The minimum Gasteiger partial charge on any atom is -0.497 e. The quantitative estimate of drug-likeness (QED) is 0.494. The molecule has 0 fully saturated rings. The van der Waals surface area contributed by atoms with E-state index in [1.54, 1.807) is 55.7 Å². The number of benzene rings is 3. The van der Waals surface area contributed by atoms with Crippen molar-refractivity contribution in [3.63, 3.8) is 0 Å². The number of methoxy groups -OCH3 is 1. The van der Waals surface area contributed by atoms with Crippen LogP contribution in [-0.4, -0.2) is 18.9 Å². The standard InChI is InChI=1S/C24H21BrN2O3/c1-16-4-3-5-18(14-16)23(28)27-22(15-17-6-8-19(25)9-7-17)24(29)26-20-10-12-21(30-2)13-11-20/h3-15H,1-2H3,(H,26,29)(H,27,28)/b22-15-. The highest BCUT2D eigenvalue weighted by molar-refractivity contribution is 9.10. The topological polar surface area (TPSA) is 67.4 Å². The molecule has 30 heavy (non-hydrogen) atoms. The third-order valence-electron chi connectivity index (χ3n) is 4.30. The summed E-state index contributed by atoms with van der Waals surface area (Å²) in [6.07, 6.45) is 1.64. The van der Waals surface area contributed by atoms with Crippen molar-refractivity contribution in [2.24, 2.45) is 0 Å². The van der Waals surface area contributed by atoms with E-state index in [1.807, 2.05) is 37.3 Å². The Morgan fingerprint density at radius 2 is 1.67 bits per heavy atom. The third kappa shape index (κ3) is 5.81. The van der Waals surface area contributed by atoms with E-state index >= 15 is 0 Å². The highest BCUT2D eigenvalue weighted by atomic mass is 79.9.